The highest BCUT2D eigenvalue weighted by atomic mass is 16.4. The standard InChI is InChI=1S/C33H53N9O10/c1-17(2)42(32(50)18(3)38-31(49)27(19(4)43)41-28(46)21(35)15-25(36)44)24(12-8-9-13-34)30(48)39-22(14-20-10-6-5-7-11-20)29(47)40-23(33(51)52)16-26(37)45/h5-7,10-11,17-19,21-24,27,43H,8-9,12-16,34-35H2,1-4H3,(H2,36,44)(H2,37,45)(H,38,49)(H,39,48)(H,40,47)(H,41,46)(H,51,52)/t18-,19+,21-,22-,23-,24-,27-/m0/s1. The van der Waals surface area contributed by atoms with Crippen LogP contribution in [0.1, 0.15) is 65.4 Å². The Morgan fingerprint density at radius 2 is 1.33 bits per heavy atom. The van der Waals surface area contributed by atoms with Crippen molar-refractivity contribution in [2.24, 2.45) is 22.9 Å². The minimum absolute atomic E-state index is 0.0802. The lowest BCUT2D eigenvalue weighted by Gasteiger charge is -2.37. The van der Waals surface area contributed by atoms with Crippen LogP contribution in [-0.2, 0) is 44.8 Å². The number of aliphatic hydroxyl groups excluding tert-OH is 1. The van der Waals surface area contributed by atoms with Crippen molar-refractivity contribution in [2.75, 3.05) is 6.54 Å². The van der Waals surface area contributed by atoms with Gasteiger partial charge >= 0.3 is 5.97 Å². The summed E-state index contributed by atoms with van der Waals surface area (Å²) in [6.07, 6.45) is -1.83. The molecule has 19 heteroatoms. The average molecular weight is 736 g/mol. The molecule has 7 amide bonds. The Morgan fingerprint density at radius 3 is 1.83 bits per heavy atom. The van der Waals surface area contributed by atoms with Crippen molar-refractivity contribution in [3.8, 4) is 0 Å². The summed E-state index contributed by atoms with van der Waals surface area (Å²) < 4.78 is 0. The molecule has 290 valence electrons. The summed E-state index contributed by atoms with van der Waals surface area (Å²) in [4.78, 5) is 103. The molecule has 0 heterocycles. The highest BCUT2D eigenvalue weighted by Crippen LogP contribution is 2.17. The van der Waals surface area contributed by atoms with E-state index in [2.05, 4.69) is 21.3 Å². The molecule has 0 aliphatic heterocycles. The van der Waals surface area contributed by atoms with Gasteiger partial charge in [0.2, 0.25) is 41.4 Å². The number of primary amides is 2. The lowest BCUT2D eigenvalue weighted by molar-refractivity contribution is -0.147. The number of benzene rings is 1. The van der Waals surface area contributed by atoms with Gasteiger partial charge in [-0.1, -0.05) is 30.3 Å². The molecule has 0 aliphatic rings. The van der Waals surface area contributed by atoms with Crippen LogP contribution in [-0.4, -0.2) is 117 Å². The molecule has 0 bridgehead atoms. The van der Waals surface area contributed by atoms with Gasteiger partial charge < -0.3 is 59.3 Å². The molecular weight excluding hydrogens is 682 g/mol. The Kier molecular flexibility index (Phi) is 18.9. The maximum atomic E-state index is 14.1. The largest absolute Gasteiger partial charge is 0.480 e. The number of carboxylic acids is 1. The molecule has 1 rings (SSSR count). The Balaban J connectivity index is 3.41. The number of aliphatic hydroxyl groups is 1. The average Bonchev–Trinajstić information content (AvgIpc) is 3.05. The second kappa shape index (κ2) is 21.9. The van der Waals surface area contributed by atoms with Crippen molar-refractivity contribution in [1.29, 1.82) is 0 Å². The number of hydrogen-bond acceptors (Lipinski definition) is 11. The number of nitrogens with one attached hydrogen (secondary N) is 4. The lowest BCUT2D eigenvalue weighted by atomic mass is 10.0. The summed E-state index contributed by atoms with van der Waals surface area (Å²) in [5.41, 5.74) is 22.2. The first kappa shape index (κ1) is 44.9. The monoisotopic (exact) mass is 735 g/mol. The number of rotatable bonds is 23. The van der Waals surface area contributed by atoms with Gasteiger partial charge in [-0.2, -0.15) is 0 Å². The number of aliphatic carboxylic acids is 1. The maximum Gasteiger partial charge on any atom is 0.326 e. The van der Waals surface area contributed by atoms with Gasteiger partial charge in [0.05, 0.1) is 25.0 Å². The normalized spacial score (nSPS) is 15.1. The first-order chi connectivity index (χ1) is 24.3. The fourth-order valence-corrected chi connectivity index (χ4v) is 5.21. The predicted molar refractivity (Wildman–Crippen MR) is 187 cm³/mol. The molecule has 52 heavy (non-hydrogen) atoms. The van der Waals surface area contributed by atoms with Gasteiger partial charge in [0, 0.05) is 12.5 Å². The molecule has 0 saturated carbocycles. The van der Waals surface area contributed by atoms with E-state index in [1.165, 1.54) is 18.7 Å². The van der Waals surface area contributed by atoms with Crippen molar-refractivity contribution < 1.29 is 48.6 Å². The van der Waals surface area contributed by atoms with Crippen molar-refractivity contribution in [2.45, 2.75) is 115 Å². The topological polar surface area (TPSA) is 332 Å². The Bertz CT molecular complexity index is 1410. The second-order valence-corrected chi connectivity index (χ2v) is 12.7. The van der Waals surface area contributed by atoms with Crippen LogP contribution in [0.3, 0.4) is 0 Å². The lowest BCUT2D eigenvalue weighted by Crippen LogP contribution is -2.62. The molecule has 0 aliphatic carbocycles. The third-order valence-electron chi connectivity index (χ3n) is 7.87. The zero-order chi connectivity index (χ0) is 39.7. The first-order valence-corrected chi connectivity index (χ1v) is 16.8. The maximum absolute atomic E-state index is 14.1. The number of nitrogens with zero attached hydrogens (tertiary/aromatic N) is 1. The first-order valence-electron chi connectivity index (χ1n) is 16.8. The molecule has 0 aromatic heterocycles. The van der Waals surface area contributed by atoms with Crippen LogP contribution in [0.2, 0.25) is 0 Å². The third-order valence-corrected chi connectivity index (χ3v) is 7.87. The number of carboxylic acid groups (broad SMARTS) is 1. The van der Waals surface area contributed by atoms with Crippen molar-refractivity contribution in [3.63, 3.8) is 0 Å². The highest BCUT2D eigenvalue weighted by molar-refractivity contribution is 5.97. The summed E-state index contributed by atoms with van der Waals surface area (Å²) in [5, 5.41) is 29.4. The molecule has 1 aromatic carbocycles. The Labute approximate surface area is 301 Å². The summed E-state index contributed by atoms with van der Waals surface area (Å²) in [7, 11) is 0. The van der Waals surface area contributed by atoms with Crippen LogP contribution in [0.15, 0.2) is 30.3 Å². The van der Waals surface area contributed by atoms with Gasteiger partial charge in [0.15, 0.2) is 0 Å². The minimum atomic E-state index is -1.67. The number of carbonyl (C=O) groups excluding carboxylic acids is 7. The van der Waals surface area contributed by atoms with Crippen LogP contribution in [0.5, 0.6) is 0 Å². The molecule has 7 atom stereocenters. The molecule has 0 fully saturated rings. The third kappa shape index (κ3) is 15.0. The van der Waals surface area contributed by atoms with E-state index >= 15 is 0 Å². The summed E-state index contributed by atoms with van der Waals surface area (Å²) in [5.74, 6) is -7.69. The minimum Gasteiger partial charge on any atom is -0.480 e. The van der Waals surface area contributed by atoms with E-state index in [0.717, 1.165) is 0 Å². The van der Waals surface area contributed by atoms with Gasteiger partial charge in [-0.15, -0.1) is 0 Å². The van der Waals surface area contributed by atoms with E-state index in [9.17, 15) is 48.6 Å². The van der Waals surface area contributed by atoms with E-state index in [1.807, 2.05) is 0 Å². The number of hydrogen-bond donors (Lipinski definition) is 10. The fourth-order valence-electron chi connectivity index (χ4n) is 5.21. The molecule has 0 radical (unpaired) electrons. The summed E-state index contributed by atoms with van der Waals surface area (Å²) in [6, 6.07) is -0.687. The number of nitrogens with two attached hydrogens (primary N) is 4. The van der Waals surface area contributed by atoms with Gasteiger partial charge in [-0.25, -0.2) is 4.79 Å². The number of carbonyl (C=O) groups is 8. The van der Waals surface area contributed by atoms with Crippen LogP contribution < -0.4 is 44.2 Å². The molecule has 0 unspecified atom stereocenters. The van der Waals surface area contributed by atoms with Crippen molar-refractivity contribution in [3.05, 3.63) is 35.9 Å². The Morgan fingerprint density at radius 1 is 0.750 bits per heavy atom. The predicted octanol–water partition coefficient (Wildman–Crippen LogP) is -3.53. The van der Waals surface area contributed by atoms with E-state index in [0.29, 0.717) is 18.4 Å². The molecular formula is C33H53N9O10. The molecule has 19 nitrogen and oxygen atoms in total. The molecule has 0 saturated heterocycles. The van der Waals surface area contributed by atoms with Gasteiger partial charge in [0.1, 0.15) is 30.2 Å². The van der Waals surface area contributed by atoms with Gasteiger partial charge in [-0.3, -0.25) is 33.6 Å². The van der Waals surface area contributed by atoms with Crippen LogP contribution in [0, 0.1) is 0 Å². The fraction of sp³-hybridized carbons (Fsp3) is 0.576. The van der Waals surface area contributed by atoms with E-state index in [1.54, 1.807) is 44.2 Å². The summed E-state index contributed by atoms with van der Waals surface area (Å²) in [6.45, 7) is 6.08. The van der Waals surface area contributed by atoms with Gasteiger partial charge in [0.25, 0.3) is 0 Å². The smallest absolute Gasteiger partial charge is 0.326 e. The molecule has 0 spiro atoms. The Hall–Kier alpha value is -5.14. The number of amides is 7. The number of unbranched alkanes of at least 4 members (excludes halogenated alkanes) is 1. The zero-order valence-electron chi connectivity index (χ0n) is 29.9. The molecule has 14 N–H and O–H groups in total. The van der Waals surface area contributed by atoms with Crippen molar-refractivity contribution >= 4 is 47.3 Å². The SMILES string of the molecule is CC(C)N(C(=O)[C@H](C)NC(=O)[C@@H](NC(=O)[C@@H](N)CC(N)=O)[C@@H](C)O)[C@@H](CCCCN)C(=O)N[C@@H](Cc1ccccc1)C(=O)N[C@@H](CC(N)=O)C(=O)O. The van der Waals surface area contributed by atoms with Crippen molar-refractivity contribution in [1.82, 2.24) is 26.2 Å². The van der Waals surface area contributed by atoms with Crippen LogP contribution in [0.4, 0.5) is 0 Å². The quantitative estimate of drug-likeness (QED) is 0.0489. The van der Waals surface area contributed by atoms with E-state index in [4.69, 9.17) is 22.9 Å². The van der Waals surface area contributed by atoms with Crippen LogP contribution >= 0.6 is 0 Å². The second-order valence-electron chi connectivity index (χ2n) is 12.7. The van der Waals surface area contributed by atoms with E-state index < -0.39 is 109 Å². The molecule has 1 aromatic rings. The summed E-state index contributed by atoms with van der Waals surface area (Å²) >= 11 is 0. The highest BCUT2D eigenvalue weighted by Gasteiger charge is 2.38. The van der Waals surface area contributed by atoms with Crippen LogP contribution in [0.25, 0.3) is 0 Å². The zero-order valence-corrected chi connectivity index (χ0v) is 29.9. The van der Waals surface area contributed by atoms with Gasteiger partial charge in [-0.05, 0) is 59.1 Å². The van der Waals surface area contributed by atoms with E-state index in [-0.39, 0.29) is 19.4 Å².